The zero-order valence-electron chi connectivity index (χ0n) is 11.6. The third-order valence-electron chi connectivity index (χ3n) is 3.18. The van der Waals surface area contributed by atoms with Gasteiger partial charge in [-0.15, -0.1) is 11.8 Å². The van der Waals surface area contributed by atoms with E-state index >= 15 is 0 Å². The molecule has 2 N–H and O–H groups in total. The molecule has 21 heavy (non-hydrogen) atoms. The van der Waals surface area contributed by atoms with Crippen molar-refractivity contribution in [3.63, 3.8) is 0 Å². The van der Waals surface area contributed by atoms with Crippen LogP contribution < -0.4 is 5.73 Å². The molecule has 0 spiro atoms. The summed E-state index contributed by atoms with van der Waals surface area (Å²) < 4.78 is 1.82. The summed E-state index contributed by atoms with van der Waals surface area (Å²) in [6, 6.07) is 1.62. The number of nitrogens with two attached hydrogens (primary N) is 1. The van der Waals surface area contributed by atoms with E-state index in [-0.39, 0.29) is 5.78 Å². The number of hydrogen-bond donors (Lipinski definition) is 1. The van der Waals surface area contributed by atoms with Crippen LogP contribution in [0.15, 0.2) is 36.0 Å². The maximum absolute atomic E-state index is 12.7. The van der Waals surface area contributed by atoms with Crippen LogP contribution in [0, 0.1) is 0 Å². The summed E-state index contributed by atoms with van der Waals surface area (Å²) in [7, 11) is 1.85. The quantitative estimate of drug-likeness (QED) is 0.451. The van der Waals surface area contributed by atoms with Gasteiger partial charge in [-0.3, -0.25) is 9.78 Å². The van der Waals surface area contributed by atoms with E-state index in [9.17, 15) is 4.79 Å². The second-order valence-corrected chi connectivity index (χ2v) is 5.37. The SMILES string of the molecule is CSc1ncnc2c1c(C(=O)c1cncc(N)c1)cn2C. The fourth-order valence-electron chi connectivity index (χ4n) is 2.25. The predicted molar refractivity (Wildman–Crippen MR) is 82.4 cm³/mol. The first-order chi connectivity index (χ1) is 10.1. The van der Waals surface area contributed by atoms with Crippen LogP contribution in [0.3, 0.4) is 0 Å². The van der Waals surface area contributed by atoms with Crippen molar-refractivity contribution in [2.75, 3.05) is 12.0 Å². The Morgan fingerprint density at radius 1 is 1.33 bits per heavy atom. The van der Waals surface area contributed by atoms with Gasteiger partial charge >= 0.3 is 0 Å². The van der Waals surface area contributed by atoms with Crippen LogP contribution in [0.4, 0.5) is 5.69 Å². The van der Waals surface area contributed by atoms with Crippen molar-refractivity contribution in [3.8, 4) is 0 Å². The number of nitrogens with zero attached hydrogens (tertiary/aromatic N) is 4. The molecule has 3 rings (SSSR count). The summed E-state index contributed by atoms with van der Waals surface area (Å²) in [5, 5.41) is 1.54. The number of nitrogen functional groups attached to an aromatic ring is 1. The fraction of sp³-hybridized carbons (Fsp3) is 0.143. The van der Waals surface area contributed by atoms with E-state index in [0.717, 1.165) is 16.1 Å². The summed E-state index contributed by atoms with van der Waals surface area (Å²) in [6.07, 6.45) is 8.22. The number of pyridine rings is 1. The molecule has 0 aliphatic heterocycles. The number of hydrogen-bond acceptors (Lipinski definition) is 6. The molecule has 7 heteroatoms. The molecule has 0 radical (unpaired) electrons. The zero-order chi connectivity index (χ0) is 15.0. The van der Waals surface area contributed by atoms with Crippen molar-refractivity contribution >= 4 is 34.3 Å². The molecule has 0 atom stereocenters. The third-order valence-corrected chi connectivity index (χ3v) is 3.87. The van der Waals surface area contributed by atoms with Gasteiger partial charge in [0.25, 0.3) is 0 Å². The highest BCUT2D eigenvalue weighted by atomic mass is 32.2. The van der Waals surface area contributed by atoms with Crippen molar-refractivity contribution in [2.24, 2.45) is 7.05 Å². The number of thioether (sulfide) groups is 1. The van der Waals surface area contributed by atoms with Crippen LogP contribution in [-0.2, 0) is 7.05 Å². The zero-order valence-corrected chi connectivity index (χ0v) is 12.4. The molecule has 0 aliphatic rings. The summed E-state index contributed by atoms with van der Waals surface area (Å²) in [6.45, 7) is 0. The molecular weight excluding hydrogens is 286 g/mol. The molecule has 0 bridgehead atoms. The molecule has 0 amide bonds. The molecular formula is C14H13N5OS. The van der Waals surface area contributed by atoms with E-state index in [0.29, 0.717) is 16.8 Å². The van der Waals surface area contributed by atoms with E-state index in [1.54, 1.807) is 12.3 Å². The minimum Gasteiger partial charge on any atom is -0.397 e. The molecule has 6 nitrogen and oxygen atoms in total. The minimum atomic E-state index is -0.134. The van der Waals surface area contributed by atoms with Crippen LogP contribution in [0.25, 0.3) is 11.0 Å². The number of carbonyl (C=O) groups excluding carboxylic acids is 1. The largest absolute Gasteiger partial charge is 0.397 e. The average molecular weight is 299 g/mol. The van der Waals surface area contributed by atoms with Gasteiger partial charge in [-0.2, -0.15) is 0 Å². The third kappa shape index (κ3) is 2.25. The smallest absolute Gasteiger partial charge is 0.196 e. The molecule has 0 aliphatic carbocycles. The van der Waals surface area contributed by atoms with E-state index < -0.39 is 0 Å². The lowest BCUT2D eigenvalue weighted by molar-refractivity contribution is 0.103. The van der Waals surface area contributed by atoms with Crippen LogP contribution >= 0.6 is 11.8 Å². The fourth-order valence-corrected chi connectivity index (χ4v) is 2.81. The number of carbonyl (C=O) groups is 1. The van der Waals surface area contributed by atoms with Gasteiger partial charge < -0.3 is 10.3 Å². The molecule has 0 saturated heterocycles. The van der Waals surface area contributed by atoms with Gasteiger partial charge in [0, 0.05) is 31.2 Å². The Bertz CT molecular complexity index is 842. The first kappa shape index (κ1) is 13.6. The van der Waals surface area contributed by atoms with Gasteiger partial charge in [0.1, 0.15) is 17.0 Å². The lowest BCUT2D eigenvalue weighted by atomic mass is 10.1. The molecule has 3 heterocycles. The lowest BCUT2D eigenvalue weighted by Gasteiger charge is -2.02. The highest BCUT2D eigenvalue weighted by Crippen LogP contribution is 2.28. The molecule has 0 unspecified atom stereocenters. The van der Waals surface area contributed by atoms with Gasteiger partial charge in [0.2, 0.25) is 0 Å². The maximum Gasteiger partial charge on any atom is 0.196 e. The van der Waals surface area contributed by atoms with E-state index in [1.165, 1.54) is 30.5 Å². The molecule has 0 saturated carbocycles. The normalized spacial score (nSPS) is 11.0. The maximum atomic E-state index is 12.7. The highest BCUT2D eigenvalue weighted by molar-refractivity contribution is 7.98. The molecule has 3 aromatic heterocycles. The van der Waals surface area contributed by atoms with E-state index in [2.05, 4.69) is 15.0 Å². The summed E-state index contributed by atoms with van der Waals surface area (Å²) in [5.74, 6) is -0.134. The average Bonchev–Trinajstić information content (AvgIpc) is 2.84. The predicted octanol–water partition coefficient (Wildman–Crippen LogP) is 1.90. The van der Waals surface area contributed by atoms with Gasteiger partial charge in [-0.1, -0.05) is 0 Å². The first-order valence-electron chi connectivity index (χ1n) is 6.21. The van der Waals surface area contributed by atoms with Crippen molar-refractivity contribution in [1.82, 2.24) is 19.5 Å². The van der Waals surface area contributed by atoms with E-state index in [1.807, 2.05) is 17.9 Å². The molecule has 3 aromatic rings. The first-order valence-corrected chi connectivity index (χ1v) is 7.43. The summed E-state index contributed by atoms with van der Waals surface area (Å²) in [4.78, 5) is 25.2. The van der Waals surface area contributed by atoms with E-state index in [4.69, 9.17) is 5.73 Å². The monoisotopic (exact) mass is 299 g/mol. The van der Waals surface area contributed by atoms with Crippen LogP contribution in [-0.4, -0.2) is 31.6 Å². The second kappa shape index (κ2) is 5.17. The Labute approximate surface area is 125 Å². The number of anilines is 1. The number of aromatic nitrogens is 4. The van der Waals surface area contributed by atoms with Gasteiger partial charge in [-0.25, -0.2) is 9.97 Å². The standard InChI is InChI=1S/C14H13N5OS/c1-19-6-10(11-13(19)17-7-18-14(11)21-2)12(20)8-3-9(15)5-16-4-8/h3-7H,15H2,1-2H3. The van der Waals surface area contributed by atoms with Crippen molar-refractivity contribution < 1.29 is 4.79 Å². The summed E-state index contributed by atoms with van der Waals surface area (Å²) in [5.41, 5.74) is 7.91. The van der Waals surface area contributed by atoms with Gasteiger partial charge in [-0.05, 0) is 12.3 Å². The van der Waals surface area contributed by atoms with Gasteiger partial charge in [0.05, 0.1) is 16.6 Å². The second-order valence-electron chi connectivity index (χ2n) is 4.57. The van der Waals surface area contributed by atoms with Crippen LogP contribution in [0.5, 0.6) is 0 Å². The lowest BCUT2D eigenvalue weighted by Crippen LogP contribution is -2.03. The van der Waals surface area contributed by atoms with Crippen LogP contribution in [0.1, 0.15) is 15.9 Å². The van der Waals surface area contributed by atoms with Crippen LogP contribution in [0.2, 0.25) is 0 Å². The Hall–Kier alpha value is -2.41. The number of rotatable bonds is 3. The molecule has 106 valence electrons. The number of ketones is 1. The topological polar surface area (TPSA) is 86.7 Å². The Kier molecular flexibility index (Phi) is 3.34. The Morgan fingerprint density at radius 3 is 2.86 bits per heavy atom. The highest BCUT2D eigenvalue weighted by Gasteiger charge is 2.20. The molecule has 0 aromatic carbocycles. The summed E-state index contributed by atoms with van der Waals surface area (Å²) >= 11 is 1.48. The minimum absolute atomic E-state index is 0.134. The van der Waals surface area contributed by atoms with Crippen molar-refractivity contribution in [3.05, 3.63) is 42.1 Å². The van der Waals surface area contributed by atoms with Crippen molar-refractivity contribution in [2.45, 2.75) is 5.03 Å². The van der Waals surface area contributed by atoms with Crippen molar-refractivity contribution in [1.29, 1.82) is 0 Å². The molecule has 0 fully saturated rings. The van der Waals surface area contributed by atoms with Gasteiger partial charge in [0.15, 0.2) is 5.78 Å². The Morgan fingerprint density at radius 2 is 2.14 bits per heavy atom. The number of aryl methyl sites for hydroxylation is 1. The number of fused-ring (bicyclic) bond motifs is 1. The Balaban J connectivity index is 2.23.